The van der Waals surface area contributed by atoms with Crippen molar-refractivity contribution in [2.75, 3.05) is 7.11 Å². The van der Waals surface area contributed by atoms with E-state index in [9.17, 15) is 18.8 Å². The van der Waals surface area contributed by atoms with Crippen molar-refractivity contribution in [1.82, 2.24) is 5.32 Å². The van der Waals surface area contributed by atoms with E-state index in [0.717, 1.165) is 6.07 Å². The summed E-state index contributed by atoms with van der Waals surface area (Å²) in [5, 5.41) is 19.3. The number of carbonyl (C=O) groups is 3. The fraction of sp³-hybridized carbons (Fsp3) is 0.250. The zero-order valence-electron chi connectivity index (χ0n) is 10.4. The highest BCUT2D eigenvalue weighted by atomic mass is 19.1. The van der Waals surface area contributed by atoms with Crippen LogP contribution in [0, 0.1) is 5.82 Å². The first-order chi connectivity index (χ1) is 9.35. The molecule has 20 heavy (non-hydrogen) atoms. The van der Waals surface area contributed by atoms with Gasteiger partial charge in [0.15, 0.2) is 11.6 Å². The first-order valence-corrected chi connectivity index (χ1v) is 5.44. The number of rotatable bonds is 6. The summed E-state index contributed by atoms with van der Waals surface area (Å²) < 4.78 is 18.1. The van der Waals surface area contributed by atoms with E-state index in [0.29, 0.717) is 0 Å². The van der Waals surface area contributed by atoms with E-state index in [1.807, 2.05) is 5.32 Å². The number of carboxylic acids is 2. The molecule has 0 saturated carbocycles. The summed E-state index contributed by atoms with van der Waals surface area (Å²) >= 11 is 0. The quantitative estimate of drug-likeness (QED) is 0.701. The first-order valence-electron chi connectivity index (χ1n) is 5.44. The van der Waals surface area contributed by atoms with E-state index >= 15 is 0 Å². The summed E-state index contributed by atoms with van der Waals surface area (Å²) in [7, 11) is 1.26. The van der Waals surface area contributed by atoms with Gasteiger partial charge in [0.1, 0.15) is 6.04 Å². The Kier molecular flexibility index (Phi) is 5.01. The highest BCUT2D eigenvalue weighted by molar-refractivity contribution is 5.97. The Balaban J connectivity index is 2.86. The topological polar surface area (TPSA) is 113 Å². The molecule has 108 valence electrons. The standard InChI is InChI=1S/C12H12FNO6/c1-20-9-3-2-6(4-7(9)13)11(17)14-8(12(18)19)5-10(15)16/h2-4,8H,5H2,1H3,(H,14,17)(H,15,16)(H,18,19). The minimum Gasteiger partial charge on any atom is -0.494 e. The smallest absolute Gasteiger partial charge is 0.326 e. The van der Waals surface area contributed by atoms with Crippen molar-refractivity contribution in [3.8, 4) is 5.75 Å². The molecule has 0 fully saturated rings. The molecular formula is C12H12FNO6. The second-order valence-electron chi connectivity index (χ2n) is 3.81. The summed E-state index contributed by atoms with van der Waals surface area (Å²) in [5.41, 5.74) is -0.139. The van der Waals surface area contributed by atoms with Gasteiger partial charge < -0.3 is 20.3 Å². The Bertz CT molecular complexity index is 545. The Hall–Kier alpha value is -2.64. The third-order valence-corrected chi connectivity index (χ3v) is 2.40. The summed E-state index contributed by atoms with van der Waals surface area (Å²) in [5.74, 6) is -4.61. The fourth-order valence-electron chi connectivity index (χ4n) is 1.42. The number of amides is 1. The monoisotopic (exact) mass is 285 g/mol. The lowest BCUT2D eigenvalue weighted by Crippen LogP contribution is -2.42. The number of hydrogen-bond acceptors (Lipinski definition) is 4. The van der Waals surface area contributed by atoms with Crippen LogP contribution in [0.5, 0.6) is 5.75 Å². The Morgan fingerprint density at radius 3 is 2.45 bits per heavy atom. The molecule has 8 heteroatoms. The lowest BCUT2D eigenvalue weighted by Gasteiger charge is -2.12. The molecule has 1 amide bonds. The van der Waals surface area contributed by atoms with Gasteiger partial charge in [-0.1, -0.05) is 0 Å². The molecule has 1 atom stereocenters. The minimum absolute atomic E-state index is 0.0677. The third-order valence-electron chi connectivity index (χ3n) is 2.40. The van der Waals surface area contributed by atoms with Crippen molar-refractivity contribution in [3.63, 3.8) is 0 Å². The molecule has 0 bridgehead atoms. The molecular weight excluding hydrogens is 273 g/mol. The van der Waals surface area contributed by atoms with Gasteiger partial charge in [-0.15, -0.1) is 0 Å². The molecule has 1 rings (SSSR count). The lowest BCUT2D eigenvalue weighted by molar-refractivity contribution is -0.145. The van der Waals surface area contributed by atoms with Gasteiger partial charge in [-0.05, 0) is 18.2 Å². The van der Waals surface area contributed by atoms with Crippen LogP contribution in [0.25, 0.3) is 0 Å². The average molecular weight is 285 g/mol. The molecule has 0 aliphatic heterocycles. The van der Waals surface area contributed by atoms with Gasteiger partial charge in [0.2, 0.25) is 0 Å². The van der Waals surface area contributed by atoms with Gasteiger partial charge in [-0.25, -0.2) is 9.18 Å². The van der Waals surface area contributed by atoms with Crippen LogP contribution in [-0.4, -0.2) is 41.2 Å². The van der Waals surface area contributed by atoms with E-state index in [1.54, 1.807) is 0 Å². The van der Waals surface area contributed by atoms with E-state index in [-0.39, 0.29) is 11.3 Å². The molecule has 0 aromatic heterocycles. The first kappa shape index (κ1) is 15.4. The van der Waals surface area contributed by atoms with Crippen molar-refractivity contribution < 1.29 is 33.7 Å². The predicted molar refractivity (Wildman–Crippen MR) is 64.1 cm³/mol. The number of carboxylic acid groups (broad SMARTS) is 2. The number of carbonyl (C=O) groups excluding carboxylic acids is 1. The van der Waals surface area contributed by atoms with E-state index in [2.05, 4.69) is 4.74 Å². The molecule has 3 N–H and O–H groups in total. The number of nitrogens with one attached hydrogen (secondary N) is 1. The van der Waals surface area contributed by atoms with Crippen LogP contribution in [0.4, 0.5) is 4.39 Å². The maximum absolute atomic E-state index is 13.4. The number of ether oxygens (including phenoxy) is 1. The third kappa shape index (κ3) is 3.94. The summed E-state index contributed by atoms with van der Waals surface area (Å²) in [6.07, 6.45) is -0.778. The average Bonchev–Trinajstić information content (AvgIpc) is 2.37. The molecule has 0 spiro atoms. The highest BCUT2D eigenvalue weighted by Gasteiger charge is 2.23. The van der Waals surface area contributed by atoms with Crippen LogP contribution in [0.2, 0.25) is 0 Å². The Morgan fingerprint density at radius 1 is 1.35 bits per heavy atom. The fourth-order valence-corrected chi connectivity index (χ4v) is 1.42. The van der Waals surface area contributed by atoms with Crippen molar-refractivity contribution in [1.29, 1.82) is 0 Å². The van der Waals surface area contributed by atoms with Gasteiger partial charge in [0, 0.05) is 5.56 Å². The van der Waals surface area contributed by atoms with Crippen molar-refractivity contribution in [2.45, 2.75) is 12.5 Å². The Labute approximate surface area is 113 Å². The zero-order valence-corrected chi connectivity index (χ0v) is 10.4. The van der Waals surface area contributed by atoms with Gasteiger partial charge in [0.05, 0.1) is 13.5 Å². The minimum atomic E-state index is -1.59. The second kappa shape index (κ2) is 6.50. The molecule has 0 heterocycles. The number of methoxy groups -OCH3 is 1. The number of aliphatic carboxylic acids is 2. The zero-order chi connectivity index (χ0) is 15.3. The number of hydrogen-bond donors (Lipinski definition) is 3. The van der Waals surface area contributed by atoms with E-state index in [4.69, 9.17) is 10.2 Å². The maximum Gasteiger partial charge on any atom is 0.326 e. The SMILES string of the molecule is COc1ccc(C(=O)NC(CC(=O)O)C(=O)O)cc1F. The molecule has 0 aliphatic rings. The van der Waals surface area contributed by atoms with Crippen molar-refractivity contribution in [3.05, 3.63) is 29.6 Å². The summed E-state index contributed by atoms with van der Waals surface area (Å²) in [6, 6.07) is 1.72. The lowest BCUT2D eigenvalue weighted by atomic mass is 10.1. The molecule has 0 saturated heterocycles. The van der Waals surface area contributed by atoms with Crippen LogP contribution >= 0.6 is 0 Å². The molecule has 7 nitrogen and oxygen atoms in total. The highest BCUT2D eigenvalue weighted by Crippen LogP contribution is 2.17. The van der Waals surface area contributed by atoms with Crippen LogP contribution in [0.1, 0.15) is 16.8 Å². The maximum atomic E-state index is 13.4. The van der Waals surface area contributed by atoms with Gasteiger partial charge in [-0.3, -0.25) is 9.59 Å². The van der Waals surface area contributed by atoms with Gasteiger partial charge in [0.25, 0.3) is 5.91 Å². The predicted octanol–water partition coefficient (Wildman–Crippen LogP) is 0.492. The van der Waals surface area contributed by atoms with Crippen LogP contribution in [-0.2, 0) is 9.59 Å². The van der Waals surface area contributed by atoms with Crippen molar-refractivity contribution in [2.24, 2.45) is 0 Å². The van der Waals surface area contributed by atoms with E-state index in [1.165, 1.54) is 19.2 Å². The van der Waals surface area contributed by atoms with Crippen LogP contribution < -0.4 is 10.1 Å². The Morgan fingerprint density at radius 2 is 2.00 bits per heavy atom. The van der Waals surface area contributed by atoms with Crippen LogP contribution in [0.15, 0.2) is 18.2 Å². The second-order valence-corrected chi connectivity index (χ2v) is 3.81. The van der Waals surface area contributed by atoms with Gasteiger partial charge >= 0.3 is 11.9 Å². The number of benzene rings is 1. The summed E-state index contributed by atoms with van der Waals surface area (Å²) in [6.45, 7) is 0. The van der Waals surface area contributed by atoms with Crippen molar-refractivity contribution >= 4 is 17.8 Å². The normalized spacial score (nSPS) is 11.5. The molecule has 1 aromatic rings. The molecule has 0 aliphatic carbocycles. The largest absolute Gasteiger partial charge is 0.494 e. The number of halogens is 1. The molecule has 1 aromatic carbocycles. The van der Waals surface area contributed by atoms with Crippen LogP contribution in [0.3, 0.4) is 0 Å². The van der Waals surface area contributed by atoms with E-state index < -0.39 is 36.1 Å². The molecule has 0 radical (unpaired) electrons. The summed E-state index contributed by atoms with van der Waals surface area (Å²) in [4.78, 5) is 33.0. The van der Waals surface area contributed by atoms with Gasteiger partial charge in [-0.2, -0.15) is 0 Å². The molecule has 1 unspecified atom stereocenters.